The summed E-state index contributed by atoms with van der Waals surface area (Å²) in [6.07, 6.45) is -3.22. The first-order valence-corrected chi connectivity index (χ1v) is 5.25. The van der Waals surface area contributed by atoms with Gasteiger partial charge >= 0.3 is 6.18 Å². The van der Waals surface area contributed by atoms with Crippen LogP contribution < -0.4 is 0 Å². The van der Waals surface area contributed by atoms with Crippen molar-refractivity contribution in [1.29, 1.82) is 5.26 Å². The predicted octanol–water partition coefficient (Wildman–Crippen LogP) is 3.12. The minimum Gasteiger partial charge on any atom is -0.504 e. The standard InChI is InChI=1S/C11H5ClF3N3O/c12-8-1-6(3-16)2-9(10(8)19)18-5-7(4-17-18)11(13,14)15/h1-2,4-5,19H. The molecule has 0 radical (unpaired) electrons. The summed E-state index contributed by atoms with van der Waals surface area (Å²) in [5, 5.41) is 21.8. The van der Waals surface area contributed by atoms with E-state index in [9.17, 15) is 18.3 Å². The second-order valence-corrected chi connectivity index (χ2v) is 4.02. The van der Waals surface area contributed by atoms with E-state index in [-0.39, 0.29) is 16.3 Å². The Kier molecular flexibility index (Phi) is 3.12. The molecule has 2 aromatic rings. The Hall–Kier alpha value is -2.20. The van der Waals surface area contributed by atoms with Crippen LogP contribution >= 0.6 is 11.6 Å². The molecule has 8 heteroatoms. The zero-order valence-corrected chi connectivity index (χ0v) is 9.87. The summed E-state index contributed by atoms with van der Waals surface area (Å²) in [6.45, 7) is 0. The number of phenols is 1. The summed E-state index contributed by atoms with van der Waals surface area (Å²) in [5.41, 5.74) is -0.966. The normalized spacial score (nSPS) is 11.3. The topological polar surface area (TPSA) is 61.8 Å². The second kappa shape index (κ2) is 4.48. The third-order valence-corrected chi connectivity index (χ3v) is 2.62. The predicted molar refractivity (Wildman–Crippen MR) is 60.0 cm³/mol. The van der Waals surface area contributed by atoms with Crippen LogP contribution in [0.2, 0.25) is 5.02 Å². The lowest BCUT2D eigenvalue weighted by Gasteiger charge is -2.07. The lowest BCUT2D eigenvalue weighted by atomic mass is 10.2. The molecule has 1 aromatic heterocycles. The Balaban J connectivity index is 2.57. The van der Waals surface area contributed by atoms with E-state index in [0.717, 1.165) is 4.68 Å². The van der Waals surface area contributed by atoms with Gasteiger partial charge in [0.05, 0.1) is 28.4 Å². The number of nitriles is 1. The number of aromatic nitrogens is 2. The van der Waals surface area contributed by atoms with Gasteiger partial charge in [-0.3, -0.25) is 0 Å². The van der Waals surface area contributed by atoms with E-state index in [2.05, 4.69) is 5.10 Å². The third-order valence-electron chi connectivity index (χ3n) is 2.33. The highest BCUT2D eigenvalue weighted by molar-refractivity contribution is 6.32. The molecule has 0 unspecified atom stereocenters. The molecule has 4 nitrogen and oxygen atoms in total. The van der Waals surface area contributed by atoms with E-state index < -0.39 is 17.5 Å². The van der Waals surface area contributed by atoms with Gasteiger partial charge in [-0.2, -0.15) is 23.5 Å². The zero-order valence-electron chi connectivity index (χ0n) is 9.11. The average Bonchev–Trinajstić information content (AvgIpc) is 2.81. The van der Waals surface area contributed by atoms with E-state index in [1.807, 2.05) is 0 Å². The number of aromatic hydroxyl groups is 1. The van der Waals surface area contributed by atoms with Gasteiger partial charge in [0.1, 0.15) is 5.69 Å². The fraction of sp³-hybridized carbons (Fsp3) is 0.0909. The Morgan fingerprint density at radius 1 is 1.37 bits per heavy atom. The first-order chi connectivity index (χ1) is 8.82. The van der Waals surface area contributed by atoms with Gasteiger partial charge in [0.15, 0.2) is 5.75 Å². The van der Waals surface area contributed by atoms with Gasteiger partial charge in [0.25, 0.3) is 0 Å². The van der Waals surface area contributed by atoms with E-state index in [4.69, 9.17) is 16.9 Å². The van der Waals surface area contributed by atoms with Gasteiger partial charge in [-0.1, -0.05) is 11.6 Å². The highest BCUT2D eigenvalue weighted by atomic mass is 35.5. The molecule has 1 heterocycles. The highest BCUT2D eigenvalue weighted by Gasteiger charge is 2.32. The maximum absolute atomic E-state index is 12.4. The van der Waals surface area contributed by atoms with Crippen LogP contribution in [0.1, 0.15) is 11.1 Å². The largest absolute Gasteiger partial charge is 0.504 e. The lowest BCUT2D eigenvalue weighted by Crippen LogP contribution is -2.03. The molecule has 0 bridgehead atoms. The van der Waals surface area contributed by atoms with Crippen molar-refractivity contribution < 1.29 is 18.3 Å². The van der Waals surface area contributed by atoms with Crippen LogP contribution in [0.5, 0.6) is 5.75 Å². The third kappa shape index (κ3) is 2.48. The quantitative estimate of drug-likeness (QED) is 0.876. The number of rotatable bonds is 1. The van der Waals surface area contributed by atoms with Crippen LogP contribution in [-0.2, 0) is 6.18 Å². The number of benzene rings is 1. The monoisotopic (exact) mass is 287 g/mol. The summed E-state index contributed by atoms with van der Waals surface area (Å²) >= 11 is 5.68. The molecule has 0 saturated carbocycles. The van der Waals surface area contributed by atoms with Crippen molar-refractivity contribution in [3.63, 3.8) is 0 Å². The van der Waals surface area contributed by atoms with Gasteiger partial charge in [-0.05, 0) is 12.1 Å². The number of hydrogen-bond acceptors (Lipinski definition) is 3. The van der Waals surface area contributed by atoms with Gasteiger partial charge in [0.2, 0.25) is 0 Å². The van der Waals surface area contributed by atoms with Crippen molar-refractivity contribution >= 4 is 11.6 Å². The first-order valence-electron chi connectivity index (χ1n) is 4.88. The molecule has 19 heavy (non-hydrogen) atoms. The molecule has 0 saturated heterocycles. The fourth-order valence-corrected chi connectivity index (χ4v) is 1.64. The summed E-state index contributed by atoms with van der Waals surface area (Å²) in [6, 6.07) is 4.18. The second-order valence-electron chi connectivity index (χ2n) is 3.61. The summed E-state index contributed by atoms with van der Waals surface area (Å²) in [4.78, 5) is 0. The molecule has 1 aromatic carbocycles. The molecule has 2 rings (SSSR count). The van der Waals surface area contributed by atoms with Crippen molar-refractivity contribution in [2.75, 3.05) is 0 Å². The van der Waals surface area contributed by atoms with E-state index in [0.29, 0.717) is 12.4 Å². The van der Waals surface area contributed by atoms with Gasteiger partial charge in [0, 0.05) is 6.20 Å². The Morgan fingerprint density at radius 3 is 2.58 bits per heavy atom. The lowest BCUT2D eigenvalue weighted by molar-refractivity contribution is -0.137. The number of hydrogen-bond donors (Lipinski definition) is 1. The van der Waals surface area contributed by atoms with Crippen molar-refractivity contribution in [3.8, 4) is 17.5 Å². The van der Waals surface area contributed by atoms with Gasteiger partial charge in [-0.15, -0.1) is 0 Å². The molecule has 0 amide bonds. The Morgan fingerprint density at radius 2 is 2.05 bits per heavy atom. The summed E-state index contributed by atoms with van der Waals surface area (Å²) in [5.74, 6) is -0.447. The Labute approximate surface area is 110 Å². The van der Waals surface area contributed by atoms with Gasteiger partial charge in [-0.25, -0.2) is 4.68 Å². The van der Waals surface area contributed by atoms with E-state index in [1.165, 1.54) is 12.1 Å². The molecule has 98 valence electrons. The molecule has 0 fully saturated rings. The molecule has 0 atom stereocenters. The minimum atomic E-state index is -4.54. The molecule has 0 aliphatic heterocycles. The van der Waals surface area contributed by atoms with Crippen LogP contribution in [0.25, 0.3) is 5.69 Å². The SMILES string of the molecule is N#Cc1cc(Cl)c(O)c(-n2cc(C(F)(F)F)cn2)c1. The van der Waals surface area contributed by atoms with Gasteiger partial charge < -0.3 is 5.11 Å². The first kappa shape index (κ1) is 13.2. The molecule has 0 spiro atoms. The summed E-state index contributed by atoms with van der Waals surface area (Å²) < 4.78 is 38.2. The zero-order chi connectivity index (χ0) is 14.2. The van der Waals surface area contributed by atoms with E-state index in [1.54, 1.807) is 6.07 Å². The van der Waals surface area contributed by atoms with Crippen molar-refractivity contribution in [3.05, 3.63) is 40.7 Å². The molecular formula is C11H5ClF3N3O. The van der Waals surface area contributed by atoms with Crippen molar-refractivity contribution in [2.24, 2.45) is 0 Å². The molecular weight excluding hydrogens is 283 g/mol. The Bertz CT molecular complexity index is 673. The molecule has 1 N–H and O–H groups in total. The number of halogens is 4. The van der Waals surface area contributed by atoms with Crippen molar-refractivity contribution in [1.82, 2.24) is 9.78 Å². The number of nitrogens with zero attached hydrogens (tertiary/aromatic N) is 3. The number of phenolic OH excluding ortho intramolecular Hbond substituents is 1. The average molecular weight is 288 g/mol. The van der Waals surface area contributed by atoms with Crippen LogP contribution in [0, 0.1) is 11.3 Å². The molecule has 0 aliphatic rings. The molecule has 0 aliphatic carbocycles. The van der Waals surface area contributed by atoms with E-state index >= 15 is 0 Å². The van der Waals surface area contributed by atoms with Crippen LogP contribution in [0.15, 0.2) is 24.5 Å². The smallest absolute Gasteiger partial charge is 0.419 e. The van der Waals surface area contributed by atoms with Crippen molar-refractivity contribution in [2.45, 2.75) is 6.18 Å². The maximum atomic E-state index is 12.4. The van der Waals surface area contributed by atoms with Crippen LogP contribution in [0.4, 0.5) is 13.2 Å². The summed E-state index contributed by atoms with van der Waals surface area (Å²) in [7, 11) is 0. The van der Waals surface area contributed by atoms with Crippen LogP contribution in [-0.4, -0.2) is 14.9 Å². The maximum Gasteiger partial charge on any atom is 0.419 e. The fourth-order valence-electron chi connectivity index (χ4n) is 1.42. The van der Waals surface area contributed by atoms with Crippen LogP contribution in [0.3, 0.4) is 0 Å². The minimum absolute atomic E-state index is 0.0976. The number of alkyl halides is 3. The highest BCUT2D eigenvalue weighted by Crippen LogP contribution is 2.33.